The van der Waals surface area contributed by atoms with Crippen molar-refractivity contribution in [3.05, 3.63) is 29.8 Å². The fourth-order valence-corrected chi connectivity index (χ4v) is 1.20. The molecule has 1 rings (SSSR count). The summed E-state index contributed by atoms with van der Waals surface area (Å²) in [4.78, 5) is 11.5. The molecule has 1 aromatic rings. The monoisotopic (exact) mass is 239 g/mol. The molecule has 0 aliphatic carbocycles. The van der Waals surface area contributed by atoms with Crippen LogP contribution in [0.3, 0.4) is 0 Å². The van der Waals surface area contributed by atoms with Crippen LogP contribution in [-0.4, -0.2) is 21.9 Å². The molecule has 0 aliphatic rings. The average molecular weight is 239 g/mol. The Labute approximate surface area is 100 Å². The maximum absolute atomic E-state index is 11.5. The first-order valence-electron chi connectivity index (χ1n) is 5.24. The topological polar surface area (TPSA) is 78.8 Å². The van der Waals surface area contributed by atoms with Crippen LogP contribution in [0.1, 0.15) is 32.6 Å². The third-order valence-electron chi connectivity index (χ3n) is 1.83. The summed E-state index contributed by atoms with van der Waals surface area (Å²) < 4.78 is 5.07. The lowest BCUT2D eigenvalue weighted by Gasteiger charge is -2.19. The van der Waals surface area contributed by atoms with E-state index in [0.717, 1.165) is 0 Å². The molecule has 0 aliphatic heterocycles. The molecule has 0 saturated heterocycles. The van der Waals surface area contributed by atoms with Gasteiger partial charge < -0.3 is 14.9 Å². The van der Waals surface area contributed by atoms with Gasteiger partial charge in [0, 0.05) is 11.3 Å². The van der Waals surface area contributed by atoms with Gasteiger partial charge in [0.15, 0.2) is 6.29 Å². The zero-order valence-electron chi connectivity index (χ0n) is 10.1. The number of hydrogen-bond acceptors (Lipinski definition) is 4. The molecule has 0 fully saturated rings. The summed E-state index contributed by atoms with van der Waals surface area (Å²) in [6.07, 6.45) is -2.14. The summed E-state index contributed by atoms with van der Waals surface area (Å²) in [5, 5.41) is 20.5. The van der Waals surface area contributed by atoms with Gasteiger partial charge in [-0.2, -0.15) is 0 Å². The Hall–Kier alpha value is -1.59. The van der Waals surface area contributed by atoms with Crippen molar-refractivity contribution in [2.75, 3.05) is 5.32 Å². The number of hydrogen-bond donors (Lipinski definition) is 3. The maximum Gasteiger partial charge on any atom is 0.412 e. The fourth-order valence-electron chi connectivity index (χ4n) is 1.20. The summed E-state index contributed by atoms with van der Waals surface area (Å²) in [5.41, 5.74) is 0.182. The molecule has 0 spiro atoms. The second kappa shape index (κ2) is 5.16. The number of benzene rings is 1. The first-order chi connectivity index (χ1) is 7.78. The number of aliphatic hydroxyl groups excluding tert-OH is 1. The smallest absolute Gasteiger partial charge is 0.412 e. The molecule has 1 amide bonds. The van der Waals surface area contributed by atoms with E-state index in [0.29, 0.717) is 11.3 Å². The molecule has 0 aromatic heterocycles. The Balaban J connectivity index is 2.69. The molecular weight excluding hydrogens is 222 g/mol. The van der Waals surface area contributed by atoms with Crippen molar-refractivity contribution in [3.63, 3.8) is 0 Å². The van der Waals surface area contributed by atoms with Crippen LogP contribution >= 0.6 is 0 Å². The molecule has 3 N–H and O–H groups in total. The number of carbonyl (C=O) groups excluding carboxylic acids is 1. The van der Waals surface area contributed by atoms with Crippen molar-refractivity contribution >= 4 is 11.8 Å². The van der Waals surface area contributed by atoms with Crippen LogP contribution < -0.4 is 5.32 Å². The highest BCUT2D eigenvalue weighted by atomic mass is 16.6. The van der Waals surface area contributed by atoms with E-state index in [2.05, 4.69) is 5.32 Å². The van der Waals surface area contributed by atoms with E-state index < -0.39 is 18.0 Å². The fraction of sp³-hybridized carbons (Fsp3) is 0.417. The Morgan fingerprint density at radius 3 is 2.53 bits per heavy atom. The normalized spacial score (nSPS) is 11.4. The summed E-state index contributed by atoms with van der Waals surface area (Å²) in [6, 6.07) is 6.26. The second-order valence-corrected chi connectivity index (χ2v) is 4.63. The lowest BCUT2D eigenvalue weighted by atomic mass is 10.2. The summed E-state index contributed by atoms with van der Waals surface area (Å²) in [7, 11) is 0. The number of aliphatic hydroxyl groups is 2. The molecule has 0 heterocycles. The quantitative estimate of drug-likeness (QED) is 0.690. The summed E-state index contributed by atoms with van der Waals surface area (Å²) in [5.74, 6) is 0. The van der Waals surface area contributed by atoms with Gasteiger partial charge in [0.1, 0.15) is 5.60 Å². The zero-order valence-corrected chi connectivity index (χ0v) is 10.1. The van der Waals surface area contributed by atoms with Gasteiger partial charge in [-0.25, -0.2) is 4.79 Å². The van der Waals surface area contributed by atoms with Crippen LogP contribution in [0.4, 0.5) is 10.5 Å². The van der Waals surface area contributed by atoms with E-state index in [-0.39, 0.29) is 0 Å². The van der Waals surface area contributed by atoms with Crippen LogP contribution in [0.25, 0.3) is 0 Å². The van der Waals surface area contributed by atoms with E-state index in [4.69, 9.17) is 14.9 Å². The number of ether oxygens (including phenoxy) is 1. The number of amides is 1. The van der Waals surface area contributed by atoms with Crippen molar-refractivity contribution in [1.82, 2.24) is 0 Å². The van der Waals surface area contributed by atoms with E-state index in [1.54, 1.807) is 39.0 Å². The molecule has 0 saturated carbocycles. The molecule has 0 atom stereocenters. The van der Waals surface area contributed by atoms with Crippen molar-refractivity contribution in [3.8, 4) is 0 Å². The highest BCUT2D eigenvalue weighted by molar-refractivity contribution is 5.84. The van der Waals surface area contributed by atoms with Crippen LogP contribution in [0.2, 0.25) is 0 Å². The first-order valence-corrected chi connectivity index (χ1v) is 5.24. The van der Waals surface area contributed by atoms with Crippen molar-refractivity contribution in [2.45, 2.75) is 32.7 Å². The van der Waals surface area contributed by atoms with Gasteiger partial charge in [-0.3, -0.25) is 5.32 Å². The van der Waals surface area contributed by atoms with Gasteiger partial charge in [-0.1, -0.05) is 12.1 Å². The molecule has 94 valence electrons. The Bertz CT molecular complexity index is 396. The number of carbonyl (C=O) groups is 1. The van der Waals surface area contributed by atoms with E-state index in [1.165, 1.54) is 6.07 Å². The number of nitrogens with one attached hydrogen (secondary N) is 1. The predicted octanol–water partition coefficient (Wildman–Crippen LogP) is 2.02. The largest absolute Gasteiger partial charge is 0.444 e. The molecule has 1 aromatic carbocycles. The molecular formula is C12H17NO4. The summed E-state index contributed by atoms with van der Waals surface area (Å²) >= 11 is 0. The Kier molecular flexibility index (Phi) is 4.09. The predicted molar refractivity (Wildman–Crippen MR) is 63.5 cm³/mol. The van der Waals surface area contributed by atoms with Gasteiger partial charge in [-0.15, -0.1) is 0 Å². The lowest BCUT2D eigenvalue weighted by molar-refractivity contribution is -0.0424. The van der Waals surface area contributed by atoms with Gasteiger partial charge in [0.2, 0.25) is 0 Å². The van der Waals surface area contributed by atoms with Crippen molar-refractivity contribution in [2.24, 2.45) is 0 Å². The highest BCUT2D eigenvalue weighted by Crippen LogP contribution is 2.16. The zero-order chi connectivity index (χ0) is 13.1. The Morgan fingerprint density at radius 1 is 1.35 bits per heavy atom. The SMILES string of the molecule is CC(C)(C)OC(=O)Nc1cccc(C(O)O)c1. The van der Waals surface area contributed by atoms with Crippen molar-refractivity contribution in [1.29, 1.82) is 0 Å². The lowest BCUT2D eigenvalue weighted by Crippen LogP contribution is -2.27. The molecule has 17 heavy (non-hydrogen) atoms. The second-order valence-electron chi connectivity index (χ2n) is 4.63. The minimum atomic E-state index is -1.56. The van der Waals surface area contributed by atoms with Crippen LogP contribution in [0, 0.1) is 0 Å². The Morgan fingerprint density at radius 2 is 2.00 bits per heavy atom. The maximum atomic E-state index is 11.5. The molecule has 0 unspecified atom stereocenters. The minimum absolute atomic E-state index is 0.304. The molecule has 0 bridgehead atoms. The van der Waals surface area contributed by atoms with Gasteiger partial charge in [0.05, 0.1) is 0 Å². The minimum Gasteiger partial charge on any atom is -0.444 e. The van der Waals surface area contributed by atoms with Crippen molar-refractivity contribution < 1.29 is 19.7 Å². The van der Waals surface area contributed by atoms with Gasteiger partial charge >= 0.3 is 6.09 Å². The number of rotatable bonds is 2. The van der Waals surface area contributed by atoms with Crippen LogP contribution in [-0.2, 0) is 4.74 Å². The third-order valence-corrected chi connectivity index (χ3v) is 1.83. The summed E-state index contributed by atoms with van der Waals surface area (Å²) in [6.45, 7) is 5.29. The van der Waals surface area contributed by atoms with E-state index in [1.807, 2.05) is 0 Å². The molecule has 5 heteroatoms. The van der Waals surface area contributed by atoms with E-state index >= 15 is 0 Å². The third kappa shape index (κ3) is 4.84. The molecule has 5 nitrogen and oxygen atoms in total. The average Bonchev–Trinajstić information content (AvgIpc) is 2.14. The first kappa shape index (κ1) is 13.5. The number of anilines is 1. The highest BCUT2D eigenvalue weighted by Gasteiger charge is 2.16. The standard InChI is InChI=1S/C12H17NO4/c1-12(2,3)17-11(16)13-9-6-4-5-8(7-9)10(14)15/h4-7,10,14-15H,1-3H3,(H,13,16). The van der Waals surface area contributed by atoms with E-state index in [9.17, 15) is 4.79 Å². The van der Waals surface area contributed by atoms with Gasteiger partial charge in [-0.05, 0) is 32.9 Å². The van der Waals surface area contributed by atoms with Crippen LogP contribution in [0.5, 0.6) is 0 Å². The van der Waals surface area contributed by atoms with Gasteiger partial charge in [0.25, 0.3) is 0 Å². The molecule has 0 radical (unpaired) electrons. The van der Waals surface area contributed by atoms with Crippen LogP contribution in [0.15, 0.2) is 24.3 Å².